The molecule has 1 aromatic heterocycles. The lowest BCUT2D eigenvalue weighted by Crippen LogP contribution is -2.21. The molecule has 0 saturated carbocycles. The minimum absolute atomic E-state index is 0.0328. The van der Waals surface area contributed by atoms with Gasteiger partial charge < -0.3 is 19.7 Å². The molecule has 0 atom stereocenters. The van der Waals surface area contributed by atoms with Crippen molar-refractivity contribution in [2.75, 3.05) is 35.8 Å². The molecule has 1 fully saturated rings. The second kappa shape index (κ2) is 12.4. The molecule has 0 aliphatic carbocycles. The van der Waals surface area contributed by atoms with E-state index in [1.807, 2.05) is 30.3 Å². The third kappa shape index (κ3) is 6.71. The maximum absolute atomic E-state index is 14.1. The number of hydrogen-bond acceptors (Lipinski definition) is 9. The summed E-state index contributed by atoms with van der Waals surface area (Å²) in [7, 11) is 1.53. The number of nitrogens with one attached hydrogen (secondary N) is 2. The molecule has 200 valence electrons. The van der Waals surface area contributed by atoms with E-state index in [1.54, 1.807) is 36.5 Å². The maximum atomic E-state index is 14.1. The zero-order valence-corrected chi connectivity index (χ0v) is 22.0. The molecule has 9 nitrogen and oxygen atoms in total. The number of para-hydroxylation sites is 1. The molecule has 0 spiro atoms. The summed E-state index contributed by atoms with van der Waals surface area (Å²) in [6.45, 7) is 1.76. The molecule has 11 heteroatoms. The first-order valence-corrected chi connectivity index (χ1v) is 12.8. The van der Waals surface area contributed by atoms with E-state index in [1.165, 1.54) is 13.2 Å². The molecular weight excluding hydrogens is 521 g/mol. The fourth-order valence-corrected chi connectivity index (χ4v) is 4.27. The van der Waals surface area contributed by atoms with Crippen LogP contribution < -0.4 is 25.1 Å². The molecule has 5 rings (SSSR count). The first-order valence-electron chi connectivity index (χ1n) is 12.4. The molecule has 0 amide bonds. The Morgan fingerprint density at radius 3 is 2.54 bits per heavy atom. The van der Waals surface area contributed by atoms with Gasteiger partial charge in [0.15, 0.2) is 11.5 Å². The van der Waals surface area contributed by atoms with Gasteiger partial charge in [0.1, 0.15) is 12.4 Å². The highest BCUT2D eigenvalue weighted by Crippen LogP contribution is 2.30. The molecule has 2 heterocycles. The average molecular weight is 548 g/mol. The summed E-state index contributed by atoms with van der Waals surface area (Å²) in [6, 6.07) is 19.5. The van der Waals surface area contributed by atoms with Gasteiger partial charge in [-0.25, -0.2) is 9.82 Å². The Morgan fingerprint density at radius 1 is 0.974 bits per heavy atom. The van der Waals surface area contributed by atoms with E-state index in [4.69, 9.17) is 21.1 Å². The number of hydrogen-bond donors (Lipinski definition) is 2. The topological polar surface area (TPSA) is 96.8 Å². The summed E-state index contributed by atoms with van der Waals surface area (Å²) < 4.78 is 25.3. The molecule has 1 aliphatic heterocycles. The number of benzene rings is 3. The van der Waals surface area contributed by atoms with Crippen molar-refractivity contribution in [3.63, 3.8) is 0 Å². The van der Waals surface area contributed by atoms with E-state index in [2.05, 4.69) is 35.7 Å². The predicted octanol–water partition coefficient (Wildman–Crippen LogP) is 6.04. The van der Waals surface area contributed by atoms with Crippen LogP contribution in [0.1, 0.15) is 24.0 Å². The van der Waals surface area contributed by atoms with Crippen LogP contribution in [0, 0.1) is 5.82 Å². The Morgan fingerprint density at radius 2 is 1.77 bits per heavy atom. The molecule has 1 aliphatic rings. The van der Waals surface area contributed by atoms with Gasteiger partial charge in [0, 0.05) is 24.3 Å². The van der Waals surface area contributed by atoms with Gasteiger partial charge in [-0.2, -0.15) is 20.1 Å². The number of ether oxygens (including phenoxy) is 2. The van der Waals surface area contributed by atoms with E-state index in [-0.39, 0.29) is 12.2 Å². The minimum atomic E-state index is -0.426. The summed E-state index contributed by atoms with van der Waals surface area (Å²) in [5.41, 5.74) is 4.80. The van der Waals surface area contributed by atoms with Crippen LogP contribution in [0.5, 0.6) is 11.5 Å². The zero-order valence-electron chi connectivity index (χ0n) is 21.3. The second-order valence-electron chi connectivity index (χ2n) is 8.74. The first kappa shape index (κ1) is 26.2. The van der Waals surface area contributed by atoms with Gasteiger partial charge in [0.2, 0.25) is 17.8 Å². The minimum Gasteiger partial charge on any atom is -0.493 e. The number of aromatic nitrogens is 3. The number of rotatable bonds is 10. The number of nitrogens with zero attached hydrogens (tertiary/aromatic N) is 5. The largest absolute Gasteiger partial charge is 0.493 e. The van der Waals surface area contributed by atoms with Crippen molar-refractivity contribution in [3.8, 4) is 11.5 Å². The summed E-state index contributed by atoms with van der Waals surface area (Å²) in [5, 5.41) is 7.84. The molecule has 1 saturated heterocycles. The van der Waals surface area contributed by atoms with Crippen LogP contribution in [0.4, 0.5) is 27.9 Å². The van der Waals surface area contributed by atoms with Crippen LogP contribution in [0.25, 0.3) is 0 Å². The van der Waals surface area contributed by atoms with E-state index < -0.39 is 5.82 Å². The smallest absolute Gasteiger partial charge is 0.250 e. The lowest BCUT2D eigenvalue weighted by molar-refractivity contribution is 0.280. The Bertz CT molecular complexity index is 1430. The van der Waals surface area contributed by atoms with Crippen molar-refractivity contribution >= 4 is 41.3 Å². The van der Waals surface area contributed by atoms with Gasteiger partial charge in [-0.1, -0.05) is 35.9 Å². The van der Waals surface area contributed by atoms with Gasteiger partial charge in [-0.05, 0) is 60.9 Å². The number of methoxy groups -OCH3 is 1. The van der Waals surface area contributed by atoms with E-state index in [0.29, 0.717) is 34.4 Å². The maximum Gasteiger partial charge on any atom is 0.250 e. The van der Waals surface area contributed by atoms with E-state index in [9.17, 15) is 4.39 Å². The standard InChI is InChI=1S/C28H27ClFN7O2/c1-38-25-16-19(12-13-24(25)39-18-21-22(29)10-7-11-23(21)30)17-31-36-27-33-26(32-20-8-3-2-4-9-20)34-28(35-27)37-14-5-6-15-37/h2-4,7-13,16-17H,5-6,14-15,18H2,1H3,(H2,32,33,34,35,36)/b31-17-. The summed E-state index contributed by atoms with van der Waals surface area (Å²) in [6.07, 6.45) is 3.81. The van der Waals surface area contributed by atoms with Crippen molar-refractivity contribution in [1.29, 1.82) is 0 Å². The molecule has 2 N–H and O–H groups in total. The SMILES string of the molecule is COc1cc(/C=N\Nc2nc(Nc3ccccc3)nc(N3CCCC3)n2)ccc1OCc1c(F)cccc1Cl. The molecule has 39 heavy (non-hydrogen) atoms. The Hall–Kier alpha value is -4.44. The highest BCUT2D eigenvalue weighted by molar-refractivity contribution is 6.31. The Balaban J connectivity index is 1.29. The third-order valence-electron chi connectivity index (χ3n) is 6.04. The number of halogens is 2. The van der Waals surface area contributed by atoms with Crippen molar-refractivity contribution in [1.82, 2.24) is 15.0 Å². The molecule has 4 aromatic rings. The zero-order chi connectivity index (χ0) is 27.0. The van der Waals surface area contributed by atoms with Gasteiger partial charge in [0.25, 0.3) is 0 Å². The van der Waals surface area contributed by atoms with Crippen LogP contribution in [-0.4, -0.2) is 41.4 Å². The van der Waals surface area contributed by atoms with Crippen LogP contribution in [0.15, 0.2) is 71.8 Å². The fourth-order valence-electron chi connectivity index (χ4n) is 4.05. The van der Waals surface area contributed by atoms with Crippen LogP contribution in [0.2, 0.25) is 5.02 Å². The fraction of sp³-hybridized carbons (Fsp3) is 0.214. The summed E-state index contributed by atoms with van der Waals surface area (Å²) in [5.74, 6) is 1.83. The summed E-state index contributed by atoms with van der Waals surface area (Å²) in [4.78, 5) is 15.8. The normalized spacial score (nSPS) is 13.1. The Labute approximate surface area is 230 Å². The van der Waals surface area contributed by atoms with Crippen molar-refractivity contribution in [2.24, 2.45) is 5.10 Å². The average Bonchev–Trinajstić information content (AvgIpc) is 3.49. The molecule has 3 aromatic carbocycles. The van der Waals surface area contributed by atoms with E-state index in [0.717, 1.165) is 37.2 Å². The molecule has 0 unspecified atom stereocenters. The van der Waals surface area contributed by atoms with Gasteiger partial charge in [-0.15, -0.1) is 0 Å². The highest BCUT2D eigenvalue weighted by atomic mass is 35.5. The monoisotopic (exact) mass is 547 g/mol. The third-order valence-corrected chi connectivity index (χ3v) is 6.40. The first-order chi connectivity index (χ1) is 19.1. The van der Waals surface area contributed by atoms with Crippen molar-refractivity contribution < 1.29 is 13.9 Å². The molecule has 0 bridgehead atoms. The molecule has 0 radical (unpaired) electrons. The lowest BCUT2D eigenvalue weighted by Gasteiger charge is -2.16. The number of anilines is 4. The van der Waals surface area contributed by atoms with Gasteiger partial charge >= 0.3 is 0 Å². The van der Waals surface area contributed by atoms with E-state index >= 15 is 0 Å². The van der Waals surface area contributed by atoms with Gasteiger partial charge in [-0.3, -0.25) is 0 Å². The van der Waals surface area contributed by atoms with Crippen molar-refractivity contribution in [2.45, 2.75) is 19.4 Å². The number of hydrazone groups is 1. The molecular formula is C28H27ClFN7O2. The van der Waals surface area contributed by atoms with Crippen LogP contribution in [-0.2, 0) is 6.61 Å². The van der Waals surface area contributed by atoms with Crippen LogP contribution >= 0.6 is 11.6 Å². The van der Waals surface area contributed by atoms with Crippen molar-refractivity contribution in [3.05, 3.63) is 88.7 Å². The van der Waals surface area contributed by atoms with Gasteiger partial charge in [0.05, 0.1) is 18.3 Å². The quantitative estimate of drug-likeness (QED) is 0.183. The summed E-state index contributed by atoms with van der Waals surface area (Å²) >= 11 is 6.10. The van der Waals surface area contributed by atoms with Crippen LogP contribution in [0.3, 0.4) is 0 Å². The Kier molecular flexibility index (Phi) is 8.33. The highest BCUT2D eigenvalue weighted by Gasteiger charge is 2.17. The second-order valence-corrected chi connectivity index (χ2v) is 9.14. The predicted molar refractivity (Wildman–Crippen MR) is 151 cm³/mol. The lowest BCUT2D eigenvalue weighted by atomic mass is 10.2.